The molecule has 2 aromatic carbocycles. The fourth-order valence-electron chi connectivity index (χ4n) is 9.31. The van der Waals surface area contributed by atoms with E-state index in [9.17, 15) is 4.79 Å². The minimum absolute atomic E-state index is 0.0912. The second-order valence-corrected chi connectivity index (χ2v) is 18.9. The van der Waals surface area contributed by atoms with Gasteiger partial charge < -0.3 is 9.47 Å². The molecule has 60 heavy (non-hydrogen) atoms. The van der Waals surface area contributed by atoms with Crippen LogP contribution in [0, 0.1) is 0 Å². The van der Waals surface area contributed by atoms with E-state index in [1.165, 1.54) is 244 Å². The average molecular weight is 829 g/mol. The first kappa shape index (κ1) is 52.1. The van der Waals surface area contributed by atoms with E-state index in [1.807, 2.05) is 24.3 Å². The van der Waals surface area contributed by atoms with Crippen molar-refractivity contribution in [3.8, 4) is 22.6 Å². The number of ether oxygens (including phenoxy) is 2. The molecular weight excluding hydrogens is 733 g/mol. The summed E-state index contributed by atoms with van der Waals surface area (Å²) >= 11 is 0. The quantitative estimate of drug-likeness (QED) is 0.0533. The molecule has 0 N–H and O–H groups in total. The number of ketones is 1. The molecule has 1 aliphatic rings. The smallest absolute Gasteiger partial charge is 0.194 e. The van der Waals surface area contributed by atoms with Gasteiger partial charge >= 0.3 is 0 Å². The van der Waals surface area contributed by atoms with Crippen molar-refractivity contribution >= 4 is 5.78 Å². The third kappa shape index (κ3) is 25.0. The normalized spacial score (nSPS) is 12.0. The van der Waals surface area contributed by atoms with E-state index in [-0.39, 0.29) is 5.78 Å². The first-order valence-corrected chi connectivity index (χ1v) is 26.8. The van der Waals surface area contributed by atoms with E-state index in [4.69, 9.17) is 9.47 Å². The maximum Gasteiger partial charge on any atom is 0.194 e. The van der Waals surface area contributed by atoms with Crippen molar-refractivity contribution in [1.82, 2.24) is 0 Å². The van der Waals surface area contributed by atoms with E-state index in [1.54, 1.807) is 0 Å². The van der Waals surface area contributed by atoms with Crippen molar-refractivity contribution in [2.75, 3.05) is 13.2 Å². The SMILES string of the molecule is CCCCCCCCCCCCCCCCCCCCCCOc1ccc2c(c1)C(=O)c1cc(OCCCCCCCCCCCCCCCCCCCCCC)ccc1-2. The third-order valence-electron chi connectivity index (χ3n) is 13.3. The van der Waals surface area contributed by atoms with Crippen molar-refractivity contribution in [2.24, 2.45) is 0 Å². The molecule has 0 spiro atoms. The zero-order valence-corrected chi connectivity index (χ0v) is 39.9. The lowest BCUT2D eigenvalue weighted by Crippen LogP contribution is -2.01. The molecule has 3 nitrogen and oxygen atoms in total. The van der Waals surface area contributed by atoms with Crippen LogP contribution in [0.25, 0.3) is 11.1 Å². The van der Waals surface area contributed by atoms with Crippen molar-refractivity contribution in [2.45, 2.75) is 271 Å². The molecule has 2 aromatic rings. The molecule has 0 saturated carbocycles. The van der Waals surface area contributed by atoms with Gasteiger partial charge in [0.2, 0.25) is 0 Å². The lowest BCUT2D eigenvalue weighted by molar-refractivity contribution is 0.104. The lowest BCUT2D eigenvalue weighted by atomic mass is 10.0. The minimum atomic E-state index is 0.0912. The number of carbonyl (C=O) groups is 1. The second kappa shape index (κ2) is 37.3. The largest absolute Gasteiger partial charge is 0.494 e. The summed E-state index contributed by atoms with van der Waals surface area (Å²) in [6.07, 6.45) is 55.6. The Labute approximate surface area is 372 Å². The van der Waals surface area contributed by atoms with Crippen molar-refractivity contribution < 1.29 is 14.3 Å². The van der Waals surface area contributed by atoms with E-state index in [0.29, 0.717) is 0 Å². The standard InChI is InChI=1S/C57H96O3/c1-3-5-7-9-11-13-15-17-19-21-23-25-27-29-31-33-35-37-39-41-47-59-51-43-45-53-54-46-44-52(50-56(54)57(58)55(53)49-51)60-48-42-40-38-36-34-32-30-28-26-24-22-20-18-16-14-12-10-8-6-4-2/h43-46,49-50H,3-42,47-48H2,1-2H3. The molecule has 3 heteroatoms. The number of hydrogen-bond acceptors (Lipinski definition) is 3. The lowest BCUT2D eigenvalue weighted by Gasteiger charge is -2.08. The number of unbranched alkanes of at least 4 members (excludes halogenated alkanes) is 38. The fraction of sp³-hybridized carbons (Fsp3) is 0.772. The van der Waals surface area contributed by atoms with Crippen LogP contribution in [0.15, 0.2) is 36.4 Å². The van der Waals surface area contributed by atoms with Gasteiger partial charge in [0, 0.05) is 11.1 Å². The Morgan fingerprint density at radius 2 is 0.500 bits per heavy atom. The average Bonchev–Trinajstić information content (AvgIpc) is 3.54. The molecule has 0 heterocycles. The van der Waals surface area contributed by atoms with Crippen molar-refractivity contribution in [3.05, 3.63) is 47.5 Å². The van der Waals surface area contributed by atoms with Crippen LogP contribution in [0.1, 0.15) is 287 Å². The van der Waals surface area contributed by atoms with Crippen LogP contribution in [-0.4, -0.2) is 19.0 Å². The summed E-state index contributed by atoms with van der Waals surface area (Å²) in [6, 6.07) is 12.1. The van der Waals surface area contributed by atoms with Crippen molar-refractivity contribution in [3.63, 3.8) is 0 Å². The van der Waals surface area contributed by atoms with Gasteiger partial charge in [-0.3, -0.25) is 4.79 Å². The Bertz CT molecular complexity index is 1200. The molecule has 0 aliphatic heterocycles. The molecule has 0 radical (unpaired) electrons. The summed E-state index contributed by atoms with van der Waals surface area (Å²) in [7, 11) is 0. The predicted octanol–water partition coefficient (Wildman–Crippen LogP) is 19.3. The Morgan fingerprint density at radius 1 is 0.283 bits per heavy atom. The van der Waals surface area contributed by atoms with Gasteiger partial charge in [-0.15, -0.1) is 0 Å². The molecule has 0 amide bonds. The Morgan fingerprint density at radius 3 is 0.733 bits per heavy atom. The molecular formula is C57H96O3. The van der Waals surface area contributed by atoms with Crippen LogP contribution in [0.2, 0.25) is 0 Å². The summed E-state index contributed by atoms with van der Waals surface area (Å²) in [5.41, 5.74) is 3.55. The highest BCUT2D eigenvalue weighted by Gasteiger charge is 2.27. The zero-order valence-electron chi connectivity index (χ0n) is 39.9. The number of fused-ring (bicyclic) bond motifs is 3. The highest BCUT2D eigenvalue weighted by Crippen LogP contribution is 2.40. The summed E-state index contributed by atoms with van der Waals surface area (Å²) < 4.78 is 12.2. The summed E-state index contributed by atoms with van der Waals surface area (Å²) in [4.78, 5) is 13.4. The molecule has 3 rings (SSSR count). The molecule has 0 unspecified atom stereocenters. The number of carbonyl (C=O) groups excluding carboxylic acids is 1. The van der Waals surface area contributed by atoms with E-state index < -0.39 is 0 Å². The Balaban J connectivity index is 1.10. The fourth-order valence-corrected chi connectivity index (χ4v) is 9.31. The first-order valence-electron chi connectivity index (χ1n) is 26.8. The van der Waals surface area contributed by atoms with E-state index in [0.717, 1.165) is 59.8 Å². The first-order chi connectivity index (χ1) is 29.7. The van der Waals surface area contributed by atoms with Gasteiger partial charge in [-0.25, -0.2) is 0 Å². The highest BCUT2D eigenvalue weighted by atomic mass is 16.5. The summed E-state index contributed by atoms with van der Waals surface area (Å²) in [5.74, 6) is 1.71. The maximum absolute atomic E-state index is 13.4. The molecule has 0 atom stereocenters. The molecule has 342 valence electrons. The molecule has 0 fully saturated rings. The van der Waals surface area contributed by atoms with Crippen LogP contribution in [0.3, 0.4) is 0 Å². The number of rotatable bonds is 44. The van der Waals surface area contributed by atoms with Crippen LogP contribution >= 0.6 is 0 Å². The molecule has 0 saturated heterocycles. The van der Waals surface area contributed by atoms with Gasteiger partial charge in [0.05, 0.1) is 13.2 Å². The van der Waals surface area contributed by atoms with Crippen molar-refractivity contribution in [1.29, 1.82) is 0 Å². The summed E-state index contributed by atoms with van der Waals surface area (Å²) in [5, 5.41) is 0. The molecule has 1 aliphatic carbocycles. The van der Waals surface area contributed by atoms with Gasteiger partial charge in [0.25, 0.3) is 0 Å². The number of hydrogen-bond donors (Lipinski definition) is 0. The van der Waals surface area contributed by atoms with Crippen LogP contribution in [0.4, 0.5) is 0 Å². The molecule has 0 aromatic heterocycles. The van der Waals surface area contributed by atoms with E-state index >= 15 is 0 Å². The Kier molecular flexibility index (Phi) is 32.3. The monoisotopic (exact) mass is 829 g/mol. The van der Waals surface area contributed by atoms with Gasteiger partial charge in [0.15, 0.2) is 5.78 Å². The van der Waals surface area contributed by atoms with E-state index in [2.05, 4.69) is 26.0 Å². The summed E-state index contributed by atoms with van der Waals surface area (Å²) in [6.45, 7) is 6.04. The topological polar surface area (TPSA) is 35.5 Å². The second-order valence-electron chi connectivity index (χ2n) is 18.9. The third-order valence-corrected chi connectivity index (χ3v) is 13.3. The van der Waals surface area contributed by atoms with Gasteiger partial charge in [-0.1, -0.05) is 258 Å². The Hall–Kier alpha value is -2.29. The maximum atomic E-state index is 13.4. The van der Waals surface area contributed by atoms with Gasteiger partial charge in [-0.2, -0.15) is 0 Å². The van der Waals surface area contributed by atoms with Gasteiger partial charge in [0.1, 0.15) is 11.5 Å². The van der Waals surface area contributed by atoms with Crippen LogP contribution in [-0.2, 0) is 0 Å². The number of benzene rings is 2. The molecule has 0 bridgehead atoms. The van der Waals surface area contributed by atoms with Crippen LogP contribution in [0.5, 0.6) is 11.5 Å². The highest BCUT2D eigenvalue weighted by molar-refractivity contribution is 6.22. The van der Waals surface area contributed by atoms with Gasteiger partial charge in [-0.05, 0) is 60.4 Å². The van der Waals surface area contributed by atoms with Crippen LogP contribution < -0.4 is 9.47 Å². The predicted molar refractivity (Wildman–Crippen MR) is 262 cm³/mol. The minimum Gasteiger partial charge on any atom is -0.494 e. The zero-order chi connectivity index (χ0) is 42.4.